The van der Waals surface area contributed by atoms with Crippen molar-refractivity contribution in [3.63, 3.8) is 0 Å². The summed E-state index contributed by atoms with van der Waals surface area (Å²) in [5.41, 5.74) is 1.24. The van der Waals surface area contributed by atoms with Crippen LogP contribution in [0.25, 0.3) is 11.2 Å². The van der Waals surface area contributed by atoms with Crippen LogP contribution >= 0.6 is 0 Å². The van der Waals surface area contributed by atoms with Crippen LogP contribution in [0.2, 0.25) is 0 Å². The van der Waals surface area contributed by atoms with Gasteiger partial charge in [-0.3, -0.25) is 18.8 Å². The summed E-state index contributed by atoms with van der Waals surface area (Å²) < 4.78 is 17.8. The minimum absolute atomic E-state index is 0.0390. The van der Waals surface area contributed by atoms with Crippen LogP contribution in [0.15, 0.2) is 58.5 Å². The maximum atomic E-state index is 14.0. The number of nitrogens with one attached hydrogen (secondary N) is 1. The second-order valence-corrected chi connectivity index (χ2v) is 9.19. The molecule has 1 unspecified atom stereocenters. The van der Waals surface area contributed by atoms with Crippen LogP contribution in [-0.2, 0) is 27.2 Å². The molecule has 1 aliphatic heterocycles. The highest BCUT2D eigenvalue weighted by atomic mass is 19.1. The molecule has 11 nitrogen and oxygen atoms in total. The van der Waals surface area contributed by atoms with Crippen molar-refractivity contribution < 1.29 is 9.50 Å². The monoisotopic (exact) mass is 508 g/mol. The van der Waals surface area contributed by atoms with Gasteiger partial charge in [0.2, 0.25) is 0 Å². The standard InChI is InChI=1S/C25H29FN8O3/c1-30-23-22(24(36)31(2)25(30)37)34(16-28-23)15-21(35)29-20-8-7-18(13-27-20)33-11-9-32(10-12-33)14-17-5-3-4-6-19(17)26/h3-8,13,16,21,35H,9-12,14-15H2,1-2H3,(H,27,29). The van der Waals surface area contributed by atoms with Gasteiger partial charge in [0.25, 0.3) is 5.56 Å². The second kappa shape index (κ2) is 10.1. The normalized spacial score (nSPS) is 15.3. The van der Waals surface area contributed by atoms with E-state index in [1.807, 2.05) is 18.2 Å². The van der Waals surface area contributed by atoms with E-state index < -0.39 is 17.5 Å². The Labute approximate surface area is 212 Å². The molecule has 1 saturated heterocycles. The molecule has 194 valence electrons. The molecule has 0 aliphatic carbocycles. The SMILES string of the molecule is Cn1c(=O)c2c(ncn2CC(O)Nc2ccc(N3CCN(Cc4ccccc4F)CC3)cn2)n(C)c1=O. The van der Waals surface area contributed by atoms with Gasteiger partial charge in [0.05, 0.1) is 24.8 Å². The number of hydrogen-bond donors (Lipinski definition) is 2. The fraction of sp³-hybridized carbons (Fsp3) is 0.360. The predicted octanol–water partition coefficient (Wildman–Crippen LogP) is 0.720. The highest BCUT2D eigenvalue weighted by molar-refractivity contribution is 5.70. The van der Waals surface area contributed by atoms with E-state index in [1.54, 1.807) is 25.4 Å². The maximum absolute atomic E-state index is 14.0. The summed E-state index contributed by atoms with van der Waals surface area (Å²) in [5.74, 6) is 0.313. The second-order valence-electron chi connectivity index (χ2n) is 9.19. The number of halogens is 1. The summed E-state index contributed by atoms with van der Waals surface area (Å²) >= 11 is 0. The Kier molecular flexibility index (Phi) is 6.76. The molecular weight excluding hydrogens is 479 g/mol. The molecule has 1 aromatic carbocycles. The smallest absolute Gasteiger partial charge is 0.332 e. The Bertz CT molecular complexity index is 1520. The number of nitrogens with zero attached hydrogens (tertiary/aromatic N) is 7. The molecule has 5 rings (SSSR count). The molecule has 12 heteroatoms. The average molecular weight is 509 g/mol. The van der Waals surface area contributed by atoms with Gasteiger partial charge >= 0.3 is 5.69 Å². The van der Waals surface area contributed by atoms with Crippen molar-refractivity contribution in [1.29, 1.82) is 0 Å². The van der Waals surface area contributed by atoms with E-state index in [0.29, 0.717) is 17.9 Å². The highest BCUT2D eigenvalue weighted by Gasteiger charge is 2.19. The number of imidazole rings is 1. The number of pyridine rings is 1. The number of rotatable bonds is 7. The Morgan fingerprint density at radius 2 is 1.78 bits per heavy atom. The molecule has 4 aromatic rings. The maximum Gasteiger partial charge on any atom is 0.332 e. The van der Waals surface area contributed by atoms with E-state index in [0.717, 1.165) is 36.4 Å². The molecular formula is C25H29FN8O3. The summed E-state index contributed by atoms with van der Waals surface area (Å²) in [7, 11) is 2.95. The van der Waals surface area contributed by atoms with Gasteiger partial charge in [0.1, 0.15) is 17.9 Å². The number of fused-ring (bicyclic) bond motifs is 1. The topological polar surface area (TPSA) is 113 Å². The molecule has 0 amide bonds. The lowest BCUT2D eigenvalue weighted by Gasteiger charge is -2.36. The number of aryl methyl sites for hydroxylation is 1. The van der Waals surface area contributed by atoms with Crippen molar-refractivity contribution in [3.05, 3.63) is 81.1 Å². The van der Waals surface area contributed by atoms with E-state index in [-0.39, 0.29) is 23.5 Å². The van der Waals surface area contributed by atoms with Crippen LogP contribution in [-0.4, -0.2) is 66.1 Å². The molecule has 0 radical (unpaired) electrons. The van der Waals surface area contributed by atoms with Gasteiger partial charge < -0.3 is 19.9 Å². The van der Waals surface area contributed by atoms with Crippen LogP contribution in [0.5, 0.6) is 0 Å². The summed E-state index contributed by atoms with van der Waals surface area (Å²) in [6, 6.07) is 10.6. The zero-order valence-corrected chi connectivity index (χ0v) is 20.7. The third-order valence-corrected chi connectivity index (χ3v) is 6.74. The molecule has 3 aromatic heterocycles. The Hall–Kier alpha value is -4.03. The van der Waals surface area contributed by atoms with Gasteiger partial charge in [0, 0.05) is 52.4 Å². The van der Waals surface area contributed by atoms with Gasteiger partial charge in [0.15, 0.2) is 11.2 Å². The molecule has 1 fully saturated rings. The number of aliphatic hydroxyl groups is 1. The lowest BCUT2D eigenvalue weighted by atomic mass is 10.2. The first-order valence-electron chi connectivity index (χ1n) is 12.0. The van der Waals surface area contributed by atoms with Gasteiger partial charge in [-0.2, -0.15) is 0 Å². The van der Waals surface area contributed by atoms with E-state index >= 15 is 0 Å². The van der Waals surface area contributed by atoms with E-state index in [9.17, 15) is 19.1 Å². The first-order valence-corrected chi connectivity index (χ1v) is 12.0. The van der Waals surface area contributed by atoms with E-state index in [2.05, 4.69) is 25.1 Å². The zero-order valence-electron chi connectivity index (χ0n) is 20.7. The largest absolute Gasteiger partial charge is 0.372 e. The quantitative estimate of drug-likeness (QED) is 0.351. The van der Waals surface area contributed by atoms with E-state index in [4.69, 9.17) is 0 Å². The van der Waals surface area contributed by atoms with Crippen LogP contribution in [0.1, 0.15) is 5.56 Å². The third kappa shape index (κ3) is 4.98. The van der Waals surface area contributed by atoms with Crippen LogP contribution in [0.4, 0.5) is 15.9 Å². The Morgan fingerprint density at radius 1 is 1.03 bits per heavy atom. The summed E-state index contributed by atoms with van der Waals surface area (Å²) in [5, 5.41) is 13.5. The molecule has 0 bridgehead atoms. The third-order valence-electron chi connectivity index (χ3n) is 6.74. The number of aliphatic hydroxyl groups excluding tert-OH is 1. The van der Waals surface area contributed by atoms with Crippen molar-refractivity contribution in [1.82, 2.24) is 28.6 Å². The fourth-order valence-electron chi connectivity index (χ4n) is 4.63. The Morgan fingerprint density at radius 3 is 2.49 bits per heavy atom. The summed E-state index contributed by atoms with van der Waals surface area (Å²) in [6.07, 6.45) is 2.14. The molecule has 37 heavy (non-hydrogen) atoms. The van der Waals surface area contributed by atoms with Crippen molar-refractivity contribution in [2.45, 2.75) is 19.3 Å². The van der Waals surface area contributed by atoms with Gasteiger partial charge in [-0.1, -0.05) is 18.2 Å². The van der Waals surface area contributed by atoms with Gasteiger partial charge in [-0.25, -0.2) is 19.2 Å². The average Bonchev–Trinajstić information content (AvgIpc) is 3.32. The number of hydrogen-bond acceptors (Lipinski definition) is 8. The Balaban J connectivity index is 1.18. The number of anilines is 2. The lowest BCUT2D eigenvalue weighted by Crippen LogP contribution is -2.46. The summed E-state index contributed by atoms with van der Waals surface area (Å²) in [6.45, 7) is 3.87. The first kappa shape index (κ1) is 24.7. The molecule has 0 saturated carbocycles. The van der Waals surface area contributed by atoms with Crippen molar-refractivity contribution >= 4 is 22.7 Å². The lowest BCUT2D eigenvalue weighted by molar-refractivity contribution is 0.183. The van der Waals surface area contributed by atoms with Crippen LogP contribution < -0.4 is 21.5 Å². The zero-order chi connectivity index (χ0) is 26.1. The predicted molar refractivity (Wildman–Crippen MR) is 138 cm³/mol. The van der Waals surface area contributed by atoms with Crippen molar-refractivity contribution in [2.24, 2.45) is 14.1 Å². The minimum atomic E-state index is -1.04. The number of benzene rings is 1. The number of piperazine rings is 1. The van der Waals surface area contributed by atoms with Crippen molar-refractivity contribution in [2.75, 3.05) is 36.4 Å². The molecule has 0 spiro atoms. The molecule has 2 N–H and O–H groups in total. The summed E-state index contributed by atoms with van der Waals surface area (Å²) in [4.78, 5) is 37.8. The minimum Gasteiger partial charge on any atom is -0.372 e. The molecule has 4 heterocycles. The highest BCUT2D eigenvalue weighted by Crippen LogP contribution is 2.19. The van der Waals surface area contributed by atoms with E-state index in [1.165, 1.54) is 28.6 Å². The fourth-order valence-corrected chi connectivity index (χ4v) is 4.63. The van der Waals surface area contributed by atoms with Gasteiger partial charge in [-0.15, -0.1) is 0 Å². The molecule has 1 aliphatic rings. The van der Waals surface area contributed by atoms with Crippen molar-refractivity contribution in [3.8, 4) is 0 Å². The van der Waals surface area contributed by atoms with Crippen LogP contribution in [0, 0.1) is 5.82 Å². The molecule has 1 atom stereocenters. The number of aromatic nitrogens is 5. The first-order chi connectivity index (χ1) is 17.8. The van der Waals surface area contributed by atoms with Crippen LogP contribution in [0.3, 0.4) is 0 Å². The van der Waals surface area contributed by atoms with Gasteiger partial charge in [-0.05, 0) is 18.2 Å².